The van der Waals surface area contributed by atoms with Crippen LogP contribution in [-0.2, 0) is 6.42 Å². The molecule has 1 heterocycles. The predicted octanol–water partition coefficient (Wildman–Crippen LogP) is 4.98. The molecule has 0 bridgehead atoms. The highest BCUT2D eigenvalue weighted by atomic mass is 32.1. The number of ketones is 1. The van der Waals surface area contributed by atoms with Gasteiger partial charge in [-0.15, -0.1) is 11.3 Å². The first-order valence-corrected chi connectivity index (χ1v) is 8.83. The molecule has 20 heavy (non-hydrogen) atoms. The van der Waals surface area contributed by atoms with Gasteiger partial charge in [-0.05, 0) is 30.6 Å². The zero-order valence-electron chi connectivity index (χ0n) is 12.9. The summed E-state index contributed by atoms with van der Waals surface area (Å²) < 4.78 is 0. The minimum absolute atomic E-state index is 0.0912. The Balaban J connectivity index is 1.85. The molecule has 0 N–H and O–H groups in total. The minimum atomic E-state index is 0.0912. The molecule has 2 nitrogen and oxygen atoms in total. The van der Waals surface area contributed by atoms with Gasteiger partial charge in [-0.2, -0.15) is 0 Å². The monoisotopic (exact) mass is 291 g/mol. The first-order valence-electron chi connectivity index (χ1n) is 8.01. The molecule has 2 atom stereocenters. The highest BCUT2D eigenvalue weighted by Gasteiger charge is 2.35. The third kappa shape index (κ3) is 2.69. The summed E-state index contributed by atoms with van der Waals surface area (Å²) in [6.45, 7) is 6.66. The molecular formula is C17H25NOS. The van der Waals surface area contributed by atoms with Crippen LogP contribution < -0.4 is 0 Å². The number of carbonyl (C=O) groups excluding carboxylic acids is 1. The van der Waals surface area contributed by atoms with Gasteiger partial charge in [0.05, 0.1) is 15.6 Å². The lowest BCUT2D eigenvalue weighted by molar-refractivity contribution is 0.0916. The maximum atomic E-state index is 12.3. The molecule has 2 aliphatic rings. The fraction of sp³-hybridized carbons (Fsp3) is 0.765. The second-order valence-corrected chi connectivity index (χ2v) is 8.44. The van der Waals surface area contributed by atoms with E-state index in [2.05, 4.69) is 20.8 Å². The van der Waals surface area contributed by atoms with Crippen molar-refractivity contribution in [2.45, 2.75) is 71.6 Å². The van der Waals surface area contributed by atoms with Crippen LogP contribution in [0.15, 0.2) is 0 Å². The lowest BCUT2D eigenvalue weighted by atomic mass is 9.78. The van der Waals surface area contributed by atoms with E-state index < -0.39 is 0 Å². The SMILES string of the molecule is CCC1CCCC(c2nc3c(s2)C(=O)CC(C)(C)C3)C1. The van der Waals surface area contributed by atoms with E-state index in [9.17, 15) is 4.79 Å². The Kier molecular flexibility index (Phi) is 3.74. The molecule has 0 spiro atoms. The molecular weight excluding hydrogens is 266 g/mol. The van der Waals surface area contributed by atoms with E-state index in [1.807, 2.05) is 0 Å². The quantitative estimate of drug-likeness (QED) is 0.769. The molecule has 1 saturated carbocycles. The zero-order chi connectivity index (χ0) is 14.3. The normalized spacial score (nSPS) is 29.2. The molecule has 0 amide bonds. The number of rotatable bonds is 2. The third-order valence-electron chi connectivity index (χ3n) is 4.96. The van der Waals surface area contributed by atoms with Crippen LogP contribution in [0.3, 0.4) is 0 Å². The Morgan fingerprint density at radius 3 is 2.85 bits per heavy atom. The standard InChI is InChI=1S/C17H25NOS/c1-4-11-6-5-7-12(8-11)16-18-13-9-17(2,3)10-14(19)15(13)20-16/h11-12H,4-10H2,1-3H3. The van der Waals surface area contributed by atoms with Gasteiger partial charge in [0.15, 0.2) is 5.78 Å². The van der Waals surface area contributed by atoms with E-state index in [-0.39, 0.29) is 5.41 Å². The summed E-state index contributed by atoms with van der Waals surface area (Å²) in [7, 11) is 0. The summed E-state index contributed by atoms with van der Waals surface area (Å²) in [4.78, 5) is 18.1. The molecule has 3 rings (SSSR count). The van der Waals surface area contributed by atoms with Crippen LogP contribution in [0.4, 0.5) is 0 Å². The summed E-state index contributed by atoms with van der Waals surface area (Å²) in [5.74, 6) is 1.80. The van der Waals surface area contributed by atoms with Crippen molar-refractivity contribution in [2.24, 2.45) is 11.3 Å². The van der Waals surface area contributed by atoms with Gasteiger partial charge in [-0.25, -0.2) is 4.98 Å². The van der Waals surface area contributed by atoms with Gasteiger partial charge >= 0.3 is 0 Å². The van der Waals surface area contributed by atoms with Crippen LogP contribution in [-0.4, -0.2) is 10.8 Å². The topological polar surface area (TPSA) is 30.0 Å². The van der Waals surface area contributed by atoms with E-state index in [4.69, 9.17) is 4.98 Å². The molecule has 0 saturated heterocycles. The van der Waals surface area contributed by atoms with E-state index in [0.717, 1.165) is 22.9 Å². The van der Waals surface area contributed by atoms with Crippen LogP contribution in [0.25, 0.3) is 0 Å². The van der Waals surface area contributed by atoms with Gasteiger partial charge in [0.25, 0.3) is 0 Å². The number of fused-ring (bicyclic) bond motifs is 1. The van der Waals surface area contributed by atoms with E-state index in [1.165, 1.54) is 37.1 Å². The third-order valence-corrected chi connectivity index (χ3v) is 6.26. The maximum Gasteiger partial charge on any atom is 0.175 e. The number of hydrogen-bond acceptors (Lipinski definition) is 3. The molecule has 1 aromatic heterocycles. The first-order chi connectivity index (χ1) is 9.48. The Morgan fingerprint density at radius 2 is 2.10 bits per heavy atom. The number of hydrogen-bond donors (Lipinski definition) is 0. The molecule has 0 aliphatic heterocycles. The molecule has 0 aromatic carbocycles. The Labute approximate surface area is 126 Å². The predicted molar refractivity (Wildman–Crippen MR) is 83.5 cm³/mol. The summed E-state index contributed by atoms with van der Waals surface area (Å²) >= 11 is 1.70. The maximum absolute atomic E-state index is 12.3. The van der Waals surface area contributed by atoms with Crippen molar-refractivity contribution >= 4 is 17.1 Å². The number of aromatic nitrogens is 1. The van der Waals surface area contributed by atoms with Crippen LogP contribution in [0.5, 0.6) is 0 Å². The van der Waals surface area contributed by atoms with Gasteiger partial charge in [0.2, 0.25) is 0 Å². The minimum Gasteiger partial charge on any atom is -0.293 e. The van der Waals surface area contributed by atoms with Gasteiger partial charge in [-0.3, -0.25) is 4.79 Å². The lowest BCUT2D eigenvalue weighted by Crippen LogP contribution is -2.26. The van der Waals surface area contributed by atoms with Gasteiger partial charge < -0.3 is 0 Å². The van der Waals surface area contributed by atoms with Crippen molar-refractivity contribution in [3.8, 4) is 0 Å². The average molecular weight is 291 g/mol. The Hall–Kier alpha value is -0.700. The number of thiazole rings is 1. The van der Waals surface area contributed by atoms with Crippen molar-refractivity contribution < 1.29 is 4.79 Å². The summed E-state index contributed by atoms with van der Waals surface area (Å²) in [6, 6.07) is 0. The molecule has 2 aliphatic carbocycles. The van der Waals surface area contributed by atoms with E-state index in [0.29, 0.717) is 18.1 Å². The fourth-order valence-electron chi connectivity index (χ4n) is 3.80. The number of nitrogens with zero attached hydrogens (tertiary/aromatic N) is 1. The molecule has 110 valence electrons. The second-order valence-electron chi connectivity index (χ2n) is 7.41. The van der Waals surface area contributed by atoms with Crippen LogP contribution >= 0.6 is 11.3 Å². The van der Waals surface area contributed by atoms with Gasteiger partial charge in [0, 0.05) is 12.3 Å². The lowest BCUT2D eigenvalue weighted by Gasteiger charge is -2.27. The van der Waals surface area contributed by atoms with Crippen molar-refractivity contribution in [1.82, 2.24) is 4.98 Å². The summed E-state index contributed by atoms with van der Waals surface area (Å²) in [6.07, 6.45) is 8.18. The van der Waals surface area contributed by atoms with Crippen molar-refractivity contribution in [2.75, 3.05) is 0 Å². The van der Waals surface area contributed by atoms with Gasteiger partial charge in [-0.1, -0.05) is 40.0 Å². The number of carbonyl (C=O) groups is 1. The average Bonchev–Trinajstić information content (AvgIpc) is 2.81. The van der Waals surface area contributed by atoms with Crippen LogP contribution in [0.2, 0.25) is 0 Å². The highest BCUT2D eigenvalue weighted by Crippen LogP contribution is 2.43. The van der Waals surface area contributed by atoms with Crippen molar-refractivity contribution in [3.63, 3.8) is 0 Å². The first kappa shape index (κ1) is 14.2. The van der Waals surface area contributed by atoms with Crippen molar-refractivity contribution in [1.29, 1.82) is 0 Å². The Bertz CT molecular complexity index is 517. The van der Waals surface area contributed by atoms with Crippen LogP contribution in [0, 0.1) is 11.3 Å². The summed E-state index contributed by atoms with van der Waals surface area (Å²) in [5, 5.41) is 1.25. The molecule has 1 aromatic rings. The highest BCUT2D eigenvalue weighted by molar-refractivity contribution is 7.14. The largest absolute Gasteiger partial charge is 0.293 e. The molecule has 0 radical (unpaired) electrons. The van der Waals surface area contributed by atoms with E-state index >= 15 is 0 Å². The van der Waals surface area contributed by atoms with Gasteiger partial charge in [0.1, 0.15) is 0 Å². The Morgan fingerprint density at radius 1 is 1.30 bits per heavy atom. The van der Waals surface area contributed by atoms with Crippen molar-refractivity contribution in [3.05, 3.63) is 15.6 Å². The number of Topliss-reactive ketones (excluding diaryl/α,β-unsaturated/α-hetero) is 1. The molecule has 2 unspecified atom stereocenters. The molecule has 3 heteroatoms. The zero-order valence-corrected chi connectivity index (χ0v) is 13.7. The molecule has 1 fully saturated rings. The summed E-state index contributed by atoms with van der Waals surface area (Å²) in [5.41, 5.74) is 1.18. The van der Waals surface area contributed by atoms with E-state index in [1.54, 1.807) is 11.3 Å². The smallest absolute Gasteiger partial charge is 0.175 e. The second kappa shape index (κ2) is 5.25. The fourth-order valence-corrected chi connectivity index (χ4v) is 4.97. The van der Waals surface area contributed by atoms with Crippen LogP contribution in [0.1, 0.15) is 85.6 Å².